The zero-order valence-electron chi connectivity index (χ0n) is 31.6. The molecular weight excluding hydrogens is 837 g/mol. The summed E-state index contributed by atoms with van der Waals surface area (Å²) in [6.45, 7) is -2.31. The van der Waals surface area contributed by atoms with Crippen molar-refractivity contribution >= 4 is 13.7 Å². The number of aliphatic hydroxyl groups excluding tert-OH is 9. The van der Waals surface area contributed by atoms with Crippen LogP contribution in [0.4, 0.5) is 0 Å². The fourth-order valence-corrected chi connectivity index (χ4v) is 8.22. The molecule has 5 rings (SSSR count). The Morgan fingerprint density at radius 3 is 2.17 bits per heavy atom. The minimum atomic E-state index is -5.28. The lowest BCUT2D eigenvalue weighted by atomic mass is 9.83. The van der Waals surface area contributed by atoms with E-state index in [4.69, 9.17) is 55.7 Å². The van der Waals surface area contributed by atoms with E-state index < -0.39 is 167 Å². The van der Waals surface area contributed by atoms with Gasteiger partial charge in [0.15, 0.2) is 18.8 Å². The van der Waals surface area contributed by atoms with Gasteiger partial charge in [-0.3, -0.25) is 28.2 Å². The van der Waals surface area contributed by atoms with Gasteiger partial charge in [0.25, 0.3) is 5.56 Å². The van der Waals surface area contributed by atoms with Gasteiger partial charge in [-0.15, -0.1) is 0 Å². The number of nitrogens with one attached hydrogen (secondary N) is 2. The number of aliphatic hydroxyl groups is 9. The molecule has 4 heterocycles. The molecule has 4 fully saturated rings. The molecule has 3 aliphatic heterocycles. The maximum Gasteiger partial charge on any atom is 0.472 e. The molecule has 1 aromatic rings. The van der Waals surface area contributed by atoms with Crippen molar-refractivity contribution in [2.75, 3.05) is 26.3 Å². The highest BCUT2D eigenvalue weighted by atomic mass is 31.2. The number of phosphoric acid groups is 1. The molecule has 1 unspecified atom stereocenters. The average molecular weight is 892 g/mol. The van der Waals surface area contributed by atoms with Gasteiger partial charge in [-0.05, 0) is 19.4 Å². The monoisotopic (exact) mass is 891 g/mol. The third-order valence-electron chi connectivity index (χ3n) is 10.6. The van der Waals surface area contributed by atoms with Crippen molar-refractivity contribution < 1.29 is 92.9 Å². The summed E-state index contributed by atoms with van der Waals surface area (Å²) in [7, 11) is -5.28. The maximum atomic E-state index is 13.1. The molecule has 0 radical (unpaired) electrons. The molecule has 344 valence electrons. The zero-order valence-corrected chi connectivity index (χ0v) is 32.5. The Morgan fingerprint density at radius 1 is 0.883 bits per heavy atom. The fraction of sp³-hybridized carbons (Fsp3) is 0.839. The number of aromatic nitrogens is 2. The maximum absolute atomic E-state index is 13.1. The third kappa shape index (κ3) is 10.7. The predicted octanol–water partition coefficient (Wildman–Crippen LogP) is -10.1. The molecule has 4 aliphatic rings. The van der Waals surface area contributed by atoms with Crippen LogP contribution in [-0.4, -0.2) is 209 Å². The van der Waals surface area contributed by atoms with Gasteiger partial charge in [0.1, 0.15) is 85.5 Å². The molecule has 1 amide bonds. The molecule has 1 aliphatic carbocycles. The minimum absolute atomic E-state index is 0.0633. The van der Waals surface area contributed by atoms with Crippen LogP contribution in [0, 0.1) is 0 Å². The van der Waals surface area contributed by atoms with Crippen molar-refractivity contribution in [3.05, 3.63) is 33.1 Å². The first-order valence-electron chi connectivity index (χ1n) is 18.7. The van der Waals surface area contributed by atoms with Crippen molar-refractivity contribution in [3.63, 3.8) is 0 Å². The summed E-state index contributed by atoms with van der Waals surface area (Å²) in [6.07, 6.45) is -28.7. The Morgan fingerprint density at radius 2 is 1.53 bits per heavy atom. The number of phosphoric ester groups is 1. The predicted molar refractivity (Wildman–Crippen MR) is 193 cm³/mol. The van der Waals surface area contributed by atoms with Crippen LogP contribution >= 0.6 is 7.82 Å². The van der Waals surface area contributed by atoms with Crippen molar-refractivity contribution in [2.24, 2.45) is 22.9 Å². The molecule has 20 N–H and O–H groups in total. The summed E-state index contributed by atoms with van der Waals surface area (Å²) < 4.78 is 52.3. The number of H-pyrrole nitrogens is 1. The molecule has 0 spiro atoms. The van der Waals surface area contributed by atoms with Crippen molar-refractivity contribution in [2.45, 2.75) is 135 Å². The van der Waals surface area contributed by atoms with E-state index in [1.54, 1.807) is 0 Å². The normalized spacial score (nSPS) is 42.7. The van der Waals surface area contributed by atoms with E-state index in [0.717, 1.165) is 16.8 Å². The zero-order chi connectivity index (χ0) is 44.4. The fourth-order valence-electron chi connectivity index (χ4n) is 7.26. The lowest BCUT2D eigenvalue weighted by molar-refractivity contribution is -0.331. The van der Waals surface area contributed by atoms with Crippen molar-refractivity contribution in [1.82, 2.24) is 14.9 Å². The summed E-state index contributed by atoms with van der Waals surface area (Å²) in [5, 5.41) is 98.2. The van der Waals surface area contributed by atoms with Crippen molar-refractivity contribution in [3.8, 4) is 0 Å². The standard InChI is InChI=1S/C31H54N7O21P/c32-3-1-11(40)27(49)36-10-5-9(34)24(23(48)25(10)58-29-19(44)16(35)17(42)13(7-39)56-29)57-30-22(47)20(45)26(12(6-33)55-30)59-60(51,52)53-8-14-18(43)21(46)28(54-14)38-4-2-15(41)37-31(38)50/h2,4,9-14,16-26,28-30,39-40,42-48H,1,3,5-8,32-35H2,(H,36,49)(H,51,52)(H,37,41,50)/t9-,10+,11-,12+,13+,14+,16-,17+,18+,19+,20+,21+,22+,23-,24+,25-,26+,28+,29+,30+/m0/s1. The van der Waals surface area contributed by atoms with Gasteiger partial charge in [0.05, 0.1) is 25.3 Å². The molecular formula is C31H54N7O21P. The van der Waals surface area contributed by atoms with E-state index in [2.05, 4.69) is 5.32 Å². The average Bonchev–Trinajstić information content (AvgIpc) is 3.48. The van der Waals surface area contributed by atoms with E-state index >= 15 is 0 Å². The quantitative estimate of drug-likeness (QED) is 0.0685. The van der Waals surface area contributed by atoms with Gasteiger partial charge in [-0.1, -0.05) is 0 Å². The number of ether oxygens (including phenoxy) is 5. The smallest absolute Gasteiger partial charge is 0.394 e. The summed E-state index contributed by atoms with van der Waals surface area (Å²) >= 11 is 0. The van der Waals surface area contributed by atoms with E-state index in [0.29, 0.717) is 0 Å². The summed E-state index contributed by atoms with van der Waals surface area (Å²) in [6, 6.07) is -2.94. The number of rotatable bonds is 16. The highest BCUT2D eigenvalue weighted by molar-refractivity contribution is 7.47. The Kier molecular flexibility index (Phi) is 16.5. The van der Waals surface area contributed by atoms with Crippen LogP contribution in [0.25, 0.3) is 0 Å². The number of nitrogens with zero attached hydrogens (tertiary/aromatic N) is 1. The Hall–Kier alpha value is -2.46. The molecule has 0 aromatic carbocycles. The topological polar surface area (TPSA) is 472 Å². The minimum Gasteiger partial charge on any atom is -0.394 e. The van der Waals surface area contributed by atoms with E-state index in [-0.39, 0.29) is 19.4 Å². The lowest BCUT2D eigenvalue weighted by Crippen LogP contribution is -2.69. The number of carbonyl (C=O) groups excluding carboxylic acids is 1. The molecule has 3 saturated heterocycles. The number of amides is 1. The van der Waals surface area contributed by atoms with Gasteiger partial charge < -0.3 is 103 Å². The van der Waals surface area contributed by atoms with E-state index in [1.165, 1.54) is 0 Å². The molecule has 60 heavy (non-hydrogen) atoms. The van der Waals surface area contributed by atoms with Gasteiger partial charge >= 0.3 is 13.5 Å². The largest absolute Gasteiger partial charge is 0.472 e. The van der Waals surface area contributed by atoms with Crippen LogP contribution in [-0.2, 0) is 42.1 Å². The second-order valence-corrected chi connectivity index (χ2v) is 16.1. The van der Waals surface area contributed by atoms with Crippen LogP contribution < -0.4 is 39.5 Å². The Labute approximate surface area is 339 Å². The van der Waals surface area contributed by atoms with Gasteiger partial charge in [-0.25, -0.2) is 9.36 Å². The molecule has 29 heteroatoms. The SMILES string of the molecule is NCC[C@H](O)C(=O)N[C@@H]1C[C@H](N)[C@@H](O[C@H]2O[C@H](CN)[C@@H](OP(=O)(O)OC[C@H]3O[C@@H](n4ccc(=O)[nH]c4=O)[C@H](O)[C@@H]3O)[C@H](O)[C@H]2O)[C@H](O)[C@H]1O[C@H]1O[C@H](CO)[C@@H](O)[C@H](N)[C@H]1O. The molecule has 28 nitrogen and oxygen atoms in total. The van der Waals surface area contributed by atoms with Crippen LogP contribution in [0.3, 0.4) is 0 Å². The summed E-state index contributed by atoms with van der Waals surface area (Å²) in [4.78, 5) is 48.9. The number of carbonyl (C=O) groups is 1. The number of aromatic amines is 1. The first-order valence-corrected chi connectivity index (χ1v) is 20.2. The summed E-state index contributed by atoms with van der Waals surface area (Å²) in [5.74, 6) is -0.934. The number of nitrogens with two attached hydrogens (primary N) is 4. The molecule has 1 aromatic heterocycles. The Balaban J connectivity index is 1.26. The van der Waals surface area contributed by atoms with E-state index in [1.807, 2.05) is 4.98 Å². The van der Waals surface area contributed by atoms with Crippen LogP contribution in [0.2, 0.25) is 0 Å². The van der Waals surface area contributed by atoms with Crippen LogP contribution in [0.15, 0.2) is 21.9 Å². The van der Waals surface area contributed by atoms with Gasteiger partial charge in [0.2, 0.25) is 5.91 Å². The highest BCUT2D eigenvalue weighted by Gasteiger charge is 2.54. The van der Waals surface area contributed by atoms with Gasteiger partial charge in [-0.2, -0.15) is 0 Å². The Bertz CT molecular complexity index is 1750. The molecule has 21 atom stereocenters. The first-order chi connectivity index (χ1) is 28.2. The van der Waals surface area contributed by atoms with Gasteiger partial charge in [0, 0.05) is 24.8 Å². The second kappa shape index (κ2) is 20.4. The lowest BCUT2D eigenvalue weighted by Gasteiger charge is -2.49. The first kappa shape index (κ1) is 48.6. The van der Waals surface area contributed by atoms with E-state index in [9.17, 15) is 69.8 Å². The van der Waals surface area contributed by atoms with Crippen LogP contribution in [0.5, 0.6) is 0 Å². The number of hydrogen-bond donors (Lipinski definition) is 16. The highest BCUT2D eigenvalue weighted by Crippen LogP contribution is 2.48. The number of hydrogen-bond acceptors (Lipinski definition) is 24. The molecule has 0 bridgehead atoms. The third-order valence-corrected chi connectivity index (χ3v) is 11.6. The summed E-state index contributed by atoms with van der Waals surface area (Å²) in [5.41, 5.74) is 21.8. The van der Waals surface area contributed by atoms with Crippen molar-refractivity contribution in [1.29, 1.82) is 0 Å². The van der Waals surface area contributed by atoms with Crippen LogP contribution in [0.1, 0.15) is 19.1 Å². The molecule has 1 saturated carbocycles. The second-order valence-electron chi connectivity index (χ2n) is 14.7.